The first kappa shape index (κ1) is 13.1. The molecular weight excluding hydrogens is 250 g/mol. The summed E-state index contributed by atoms with van der Waals surface area (Å²) in [6.45, 7) is 6.03. The van der Waals surface area contributed by atoms with E-state index < -0.39 is 0 Å². The van der Waals surface area contributed by atoms with Crippen LogP contribution < -0.4 is 5.32 Å². The normalized spacial score (nSPS) is 14.3. The van der Waals surface area contributed by atoms with Crippen LogP contribution in [0.25, 0.3) is 0 Å². The van der Waals surface area contributed by atoms with Crippen molar-refractivity contribution < 1.29 is 9.59 Å². The van der Waals surface area contributed by atoms with Gasteiger partial charge < -0.3 is 5.32 Å². The lowest BCUT2D eigenvalue weighted by atomic mass is 9.87. The molecule has 0 spiro atoms. The van der Waals surface area contributed by atoms with Crippen molar-refractivity contribution in [2.75, 3.05) is 5.32 Å². The minimum Gasteiger partial charge on any atom is -0.325 e. The molecule has 1 heterocycles. The maximum absolute atomic E-state index is 12.2. The van der Waals surface area contributed by atoms with Crippen LogP contribution in [0.1, 0.15) is 43.1 Å². The zero-order chi connectivity index (χ0) is 13.5. The van der Waals surface area contributed by atoms with Gasteiger partial charge in [0.05, 0.1) is 11.4 Å². The van der Waals surface area contributed by atoms with Gasteiger partial charge in [-0.1, -0.05) is 32.4 Å². The molecule has 18 heavy (non-hydrogen) atoms. The molecule has 0 atom stereocenters. The number of Topliss-reactive ketones (excluding diaryl/α,β-unsaturated/α-hetero) is 1. The number of rotatable bonds is 2. The van der Waals surface area contributed by atoms with Crippen LogP contribution in [0.4, 0.5) is 5.69 Å². The van der Waals surface area contributed by atoms with Crippen LogP contribution in [0.5, 0.6) is 0 Å². The second-order valence-electron chi connectivity index (χ2n) is 5.87. The van der Waals surface area contributed by atoms with E-state index in [9.17, 15) is 9.59 Å². The van der Waals surface area contributed by atoms with Crippen LogP contribution in [-0.4, -0.2) is 11.7 Å². The number of halogens is 1. The van der Waals surface area contributed by atoms with E-state index in [1.807, 2.05) is 20.8 Å². The molecule has 96 valence electrons. The van der Waals surface area contributed by atoms with Crippen molar-refractivity contribution in [3.05, 3.63) is 28.3 Å². The maximum atomic E-state index is 12.2. The molecule has 1 aromatic rings. The summed E-state index contributed by atoms with van der Waals surface area (Å²) in [5.41, 5.74) is 2.01. The largest absolute Gasteiger partial charge is 0.325 e. The van der Waals surface area contributed by atoms with Gasteiger partial charge in [0, 0.05) is 17.7 Å². The first-order chi connectivity index (χ1) is 8.26. The Kier molecular flexibility index (Phi) is 3.20. The lowest BCUT2D eigenvalue weighted by Crippen LogP contribution is -2.13. The Hall–Kier alpha value is -1.35. The van der Waals surface area contributed by atoms with Gasteiger partial charge in [-0.05, 0) is 23.1 Å². The van der Waals surface area contributed by atoms with E-state index in [0.29, 0.717) is 23.4 Å². The zero-order valence-electron chi connectivity index (χ0n) is 10.8. The molecule has 1 aromatic carbocycles. The van der Waals surface area contributed by atoms with Gasteiger partial charge in [0.25, 0.3) is 0 Å². The van der Waals surface area contributed by atoms with E-state index in [1.165, 1.54) is 0 Å². The van der Waals surface area contributed by atoms with Crippen molar-refractivity contribution >= 4 is 29.0 Å². The molecule has 2 rings (SSSR count). The topological polar surface area (TPSA) is 46.2 Å². The Morgan fingerprint density at radius 2 is 2.06 bits per heavy atom. The second-order valence-corrected chi connectivity index (χ2v) is 6.28. The third kappa shape index (κ3) is 2.72. The SMILES string of the molecule is CC(C)(C)CC(=O)c1cc2c(cc1Cl)NC(=O)C2. The molecule has 0 radical (unpaired) electrons. The van der Waals surface area contributed by atoms with Crippen molar-refractivity contribution in [3.8, 4) is 0 Å². The average Bonchev–Trinajstić information content (AvgIpc) is 2.53. The predicted molar refractivity (Wildman–Crippen MR) is 72.2 cm³/mol. The van der Waals surface area contributed by atoms with E-state index in [0.717, 1.165) is 11.3 Å². The third-order valence-electron chi connectivity index (χ3n) is 2.81. The molecule has 1 amide bonds. The quantitative estimate of drug-likeness (QED) is 0.833. The highest BCUT2D eigenvalue weighted by atomic mass is 35.5. The number of hydrogen-bond acceptors (Lipinski definition) is 2. The monoisotopic (exact) mass is 265 g/mol. The van der Waals surface area contributed by atoms with Gasteiger partial charge in [-0.2, -0.15) is 0 Å². The molecule has 0 unspecified atom stereocenters. The Morgan fingerprint density at radius 1 is 1.39 bits per heavy atom. The number of carbonyl (C=O) groups is 2. The Labute approximate surface area is 112 Å². The van der Waals surface area contributed by atoms with Crippen LogP contribution in [0.3, 0.4) is 0 Å². The number of fused-ring (bicyclic) bond motifs is 1. The first-order valence-corrected chi connectivity index (χ1v) is 6.29. The van der Waals surface area contributed by atoms with Gasteiger partial charge in [0.2, 0.25) is 5.91 Å². The number of anilines is 1. The van der Waals surface area contributed by atoms with E-state index in [2.05, 4.69) is 5.32 Å². The van der Waals surface area contributed by atoms with Crippen LogP contribution in [0.15, 0.2) is 12.1 Å². The van der Waals surface area contributed by atoms with E-state index in [4.69, 9.17) is 11.6 Å². The van der Waals surface area contributed by atoms with Crippen molar-refractivity contribution in [1.82, 2.24) is 0 Å². The zero-order valence-corrected chi connectivity index (χ0v) is 11.5. The van der Waals surface area contributed by atoms with Crippen LogP contribution in [0.2, 0.25) is 5.02 Å². The highest BCUT2D eigenvalue weighted by Gasteiger charge is 2.24. The van der Waals surface area contributed by atoms with E-state index >= 15 is 0 Å². The fourth-order valence-electron chi connectivity index (χ4n) is 2.04. The molecule has 0 saturated heterocycles. The molecule has 3 nitrogen and oxygen atoms in total. The smallest absolute Gasteiger partial charge is 0.228 e. The summed E-state index contributed by atoms with van der Waals surface area (Å²) in [4.78, 5) is 23.5. The van der Waals surface area contributed by atoms with Gasteiger partial charge in [0.1, 0.15) is 0 Å². The standard InChI is InChI=1S/C14H16ClNO2/c1-14(2,3)7-12(17)9-4-8-5-13(18)16-11(8)6-10(9)15/h4,6H,5,7H2,1-3H3,(H,16,18). The Balaban J connectivity index is 2.33. The van der Waals surface area contributed by atoms with Gasteiger partial charge in [-0.15, -0.1) is 0 Å². The summed E-state index contributed by atoms with van der Waals surface area (Å²) in [5.74, 6) is -0.0314. The summed E-state index contributed by atoms with van der Waals surface area (Å²) in [6, 6.07) is 3.40. The van der Waals surface area contributed by atoms with Gasteiger partial charge in [-0.25, -0.2) is 0 Å². The summed E-state index contributed by atoms with van der Waals surface area (Å²) in [7, 11) is 0. The second kappa shape index (κ2) is 4.39. The number of benzene rings is 1. The summed E-state index contributed by atoms with van der Waals surface area (Å²) in [6.07, 6.45) is 0.759. The number of ketones is 1. The maximum Gasteiger partial charge on any atom is 0.228 e. The molecule has 1 N–H and O–H groups in total. The summed E-state index contributed by atoms with van der Waals surface area (Å²) >= 11 is 6.11. The highest BCUT2D eigenvalue weighted by molar-refractivity contribution is 6.34. The van der Waals surface area contributed by atoms with Crippen LogP contribution in [-0.2, 0) is 11.2 Å². The molecule has 4 heteroatoms. The minimum atomic E-state index is -0.0759. The Bertz CT molecular complexity index is 529. The molecule has 0 aliphatic carbocycles. The molecule has 0 fully saturated rings. The highest BCUT2D eigenvalue weighted by Crippen LogP contribution is 2.32. The lowest BCUT2D eigenvalue weighted by Gasteiger charge is -2.17. The lowest BCUT2D eigenvalue weighted by molar-refractivity contribution is -0.115. The van der Waals surface area contributed by atoms with Crippen molar-refractivity contribution in [3.63, 3.8) is 0 Å². The molecular formula is C14H16ClNO2. The van der Waals surface area contributed by atoms with Crippen LogP contribution in [0, 0.1) is 5.41 Å². The minimum absolute atomic E-state index is 0.0228. The van der Waals surface area contributed by atoms with Gasteiger partial charge in [-0.3, -0.25) is 9.59 Å². The van der Waals surface area contributed by atoms with Crippen molar-refractivity contribution in [1.29, 1.82) is 0 Å². The third-order valence-corrected chi connectivity index (χ3v) is 3.12. The molecule has 0 saturated carbocycles. The van der Waals surface area contributed by atoms with Gasteiger partial charge >= 0.3 is 0 Å². The molecule has 1 aliphatic rings. The predicted octanol–water partition coefficient (Wildman–Crippen LogP) is 3.45. The van der Waals surface area contributed by atoms with Gasteiger partial charge in [0.15, 0.2) is 5.78 Å². The number of carbonyl (C=O) groups excluding carboxylic acids is 2. The summed E-state index contributed by atoms with van der Waals surface area (Å²) in [5, 5.41) is 3.13. The Morgan fingerprint density at radius 3 is 2.67 bits per heavy atom. The van der Waals surface area contributed by atoms with Crippen molar-refractivity contribution in [2.45, 2.75) is 33.6 Å². The average molecular weight is 266 g/mol. The first-order valence-electron chi connectivity index (χ1n) is 5.92. The number of hydrogen-bond donors (Lipinski definition) is 1. The molecule has 0 bridgehead atoms. The van der Waals surface area contributed by atoms with E-state index in [-0.39, 0.29) is 17.1 Å². The van der Waals surface area contributed by atoms with Crippen molar-refractivity contribution in [2.24, 2.45) is 5.41 Å². The van der Waals surface area contributed by atoms with E-state index in [1.54, 1.807) is 12.1 Å². The molecule has 0 aromatic heterocycles. The number of amides is 1. The fourth-order valence-corrected chi connectivity index (χ4v) is 2.31. The van der Waals surface area contributed by atoms with Crippen LogP contribution >= 0.6 is 11.6 Å². The molecule has 1 aliphatic heterocycles. The number of nitrogens with one attached hydrogen (secondary N) is 1. The fraction of sp³-hybridized carbons (Fsp3) is 0.429. The summed E-state index contributed by atoms with van der Waals surface area (Å²) < 4.78 is 0.